The molecule has 1 rings (SSSR count). The van der Waals surface area contributed by atoms with Crippen molar-refractivity contribution in [2.24, 2.45) is 0 Å². The number of aromatic nitrogens is 1. The van der Waals surface area contributed by atoms with Gasteiger partial charge in [-0.1, -0.05) is 0 Å². The normalized spacial score (nSPS) is 10.7. The van der Waals surface area contributed by atoms with Crippen molar-refractivity contribution in [2.75, 3.05) is 5.73 Å². The molecular weight excluding hydrogens is 274 g/mol. The van der Waals surface area contributed by atoms with E-state index >= 15 is 0 Å². The van der Waals surface area contributed by atoms with Crippen LogP contribution in [0.3, 0.4) is 0 Å². The zero-order valence-electron chi connectivity index (χ0n) is 7.38. The lowest BCUT2D eigenvalue weighted by Gasteiger charge is -2.08. The highest BCUT2D eigenvalue weighted by Crippen LogP contribution is 2.32. The molecule has 4 nitrogen and oxygen atoms in total. The molecule has 0 atom stereocenters. The van der Waals surface area contributed by atoms with Crippen LogP contribution in [-0.2, 0) is 11.2 Å². The molecule has 1 heterocycles. The number of nitrogens with two attached hydrogens (primary N) is 1. The van der Waals surface area contributed by atoms with Crippen LogP contribution < -0.4 is 5.73 Å². The predicted octanol–water partition coefficient (Wildman–Crippen LogP) is 1.99. The number of hydrogen-bond acceptors (Lipinski definition) is 3. The molecule has 0 bridgehead atoms. The number of carboxylic acids is 1. The number of pyridine rings is 1. The van der Waals surface area contributed by atoms with Crippen molar-refractivity contribution in [2.45, 2.75) is 12.8 Å². The molecule has 0 amide bonds. The summed E-state index contributed by atoms with van der Waals surface area (Å²) in [7, 11) is 0. The summed E-state index contributed by atoms with van der Waals surface area (Å²) in [6.45, 7) is 0. The van der Waals surface area contributed by atoms with Crippen molar-refractivity contribution < 1.29 is 18.7 Å². The van der Waals surface area contributed by atoms with E-state index in [1.807, 2.05) is 0 Å². The molecule has 7 heteroatoms. The highest BCUT2D eigenvalue weighted by molar-refractivity contribution is 9.10. The number of aliphatic carboxylic acids is 1. The van der Waals surface area contributed by atoms with Crippen LogP contribution >= 0.6 is 15.9 Å². The Bertz CT molecular complexity index is 398. The van der Waals surface area contributed by atoms with Crippen LogP contribution in [0.25, 0.3) is 0 Å². The Morgan fingerprint density at radius 1 is 1.67 bits per heavy atom. The molecular formula is C8H7BrF2N2O2. The maximum absolute atomic E-state index is 12.4. The molecule has 0 fully saturated rings. The van der Waals surface area contributed by atoms with Crippen LogP contribution in [0, 0.1) is 0 Å². The van der Waals surface area contributed by atoms with Gasteiger partial charge in [0.2, 0.25) is 0 Å². The lowest BCUT2D eigenvalue weighted by atomic mass is 10.2. The zero-order valence-corrected chi connectivity index (χ0v) is 8.96. The Hall–Kier alpha value is -1.24. The SMILES string of the molecule is Nc1c(CC(=O)O)ncc(C(F)F)c1Br. The van der Waals surface area contributed by atoms with Crippen LogP contribution in [0.4, 0.5) is 14.5 Å². The molecule has 0 radical (unpaired) electrons. The lowest BCUT2D eigenvalue weighted by molar-refractivity contribution is -0.136. The summed E-state index contributed by atoms with van der Waals surface area (Å²) >= 11 is 2.88. The van der Waals surface area contributed by atoms with Gasteiger partial charge in [0.05, 0.1) is 27.8 Å². The Labute approximate surface area is 92.2 Å². The molecule has 0 unspecified atom stereocenters. The summed E-state index contributed by atoms with van der Waals surface area (Å²) in [6, 6.07) is 0. The lowest BCUT2D eigenvalue weighted by Crippen LogP contribution is -2.08. The Balaban J connectivity index is 3.15. The molecule has 1 aromatic heterocycles. The third-order valence-corrected chi connectivity index (χ3v) is 2.60. The van der Waals surface area contributed by atoms with Gasteiger partial charge in [-0.25, -0.2) is 8.78 Å². The van der Waals surface area contributed by atoms with E-state index in [2.05, 4.69) is 20.9 Å². The van der Waals surface area contributed by atoms with E-state index < -0.39 is 18.8 Å². The summed E-state index contributed by atoms with van der Waals surface area (Å²) in [5.41, 5.74) is 5.13. The fraction of sp³-hybridized carbons (Fsp3) is 0.250. The first-order chi connectivity index (χ1) is 6.93. The van der Waals surface area contributed by atoms with Gasteiger partial charge >= 0.3 is 5.97 Å². The topological polar surface area (TPSA) is 76.2 Å². The maximum atomic E-state index is 12.4. The van der Waals surface area contributed by atoms with Gasteiger partial charge in [0.1, 0.15) is 0 Å². The molecule has 0 aliphatic carbocycles. The number of rotatable bonds is 3. The Kier molecular flexibility index (Phi) is 3.57. The summed E-state index contributed by atoms with van der Waals surface area (Å²) in [6.07, 6.45) is -2.18. The molecule has 3 N–H and O–H groups in total. The van der Waals surface area contributed by atoms with Gasteiger partial charge in [-0.15, -0.1) is 0 Å². The summed E-state index contributed by atoms with van der Waals surface area (Å²) in [5.74, 6) is -1.12. The fourth-order valence-corrected chi connectivity index (χ4v) is 1.50. The van der Waals surface area contributed by atoms with E-state index in [4.69, 9.17) is 10.8 Å². The van der Waals surface area contributed by atoms with Crippen molar-refractivity contribution in [3.05, 3.63) is 21.9 Å². The van der Waals surface area contributed by atoms with Gasteiger partial charge in [-0.3, -0.25) is 9.78 Å². The number of hydrogen-bond donors (Lipinski definition) is 2. The van der Waals surface area contributed by atoms with E-state index in [-0.39, 0.29) is 21.4 Å². The predicted molar refractivity (Wildman–Crippen MR) is 52.6 cm³/mol. The zero-order chi connectivity index (χ0) is 11.6. The largest absolute Gasteiger partial charge is 0.481 e. The highest BCUT2D eigenvalue weighted by Gasteiger charge is 2.17. The maximum Gasteiger partial charge on any atom is 0.309 e. The second-order valence-corrected chi connectivity index (χ2v) is 3.55. The molecule has 15 heavy (non-hydrogen) atoms. The minimum Gasteiger partial charge on any atom is -0.481 e. The summed E-state index contributed by atoms with van der Waals surface area (Å²) in [5, 5.41) is 8.50. The second kappa shape index (κ2) is 4.52. The van der Waals surface area contributed by atoms with E-state index in [0.717, 1.165) is 6.20 Å². The molecule has 0 saturated carbocycles. The Morgan fingerprint density at radius 2 is 2.27 bits per heavy atom. The van der Waals surface area contributed by atoms with Crippen molar-refractivity contribution >= 4 is 27.6 Å². The third-order valence-electron chi connectivity index (χ3n) is 1.71. The van der Waals surface area contributed by atoms with E-state index in [9.17, 15) is 13.6 Å². The molecule has 0 aliphatic heterocycles. The first kappa shape index (κ1) is 11.8. The van der Waals surface area contributed by atoms with E-state index in [1.54, 1.807) is 0 Å². The number of carbonyl (C=O) groups is 1. The number of nitrogen functional groups attached to an aromatic ring is 1. The van der Waals surface area contributed by atoms with Gasteiger partial charge in [-0.05, 0) is 15.9 Å². The number of nitrogens with zero attached hydrogens (tertiary/aromatic N) is 1. The average molecular weight is 281 g/mol. The molecule has 0 aliphatic rings. The number of carboxylic acid groups (broad SMARTS) is 1. The quantitative estimate of drug-likeness (QED) is 0.888. The van der Waals surface area contributed by atoms with Gasteiger partial charge in [0, 0.05) is 6.20 Å². The minimum atomic E-state index is -2.70. The van der Waals surface area contributed by atoms with Gasteiger partial charge < -0.3 is 10.8 Å². The van der Waals surface area contributed by atoms with E-state index in [1.165, 1.54) is 0 Å². The number of anilines is 1. The fourth-order valence-electron chi connectivity index (χ4n) is 0.992. The standard InChI is InChI=1S/C8H7BrF2N2O2/c9-6-3(8(10)11)2-13-4(7(6)12)1-5(14)15/h2,8H,1,12H2,(H,14,15). The monoisotopic (exact) mass is 280 g/mol. The second-order valence-electron chi connectivity index (χ2n) is 2.76. The molecule has 82 valence electrons. The van der Waals surface area contributed by atoms with Gasteiger partial charge in [0.15, 0.2) is 0 Å². The van der Waals surface area contributed by atoms with Gasteiger partial charge in [-0.2, -0.15) is 0 Å². The summed E-state index contributed by atoms with van der Waals surface area (Å²) < 4.78 is 24.7. The molecule has 0 saturated heterocycles. The van der Waals surface area contributed by atoms with Gasteiger partial charge in [0.25, 0.3) is 6.43 Å². The third kappa shape index (κ3) is 2.62. The van der Waals surface area contributed by atoms with Crippen LogP contribution in [-0.4, -0.2) is 16.1 Å². The van der Waals surface area contributed by atoms with Crippen LogP contribution in [0.5, 0.6) is 0 Å². The number of alkyl halides is 2. The number of halogens is 3. The molecule has 0 spiro atoms. The smallest absolute Gasteiger partial charge is 0.309 e. The first-order valence-corrected chi connectivity index (χ1v) is 4.65. The van der Waals surface area contributed by atoms with E-state index in [0.29, 0.717) is 0 Å². The van der Waals surface area contributed by atoms with Crippen molar-refractivity contribution in [1.82, 2.24) is 4.98 Å². The van der Waals surface area contributed by atoms with Crippen molar-refractivity contribution in [3.8, 4) is 0 Å². The Morgan fingerprint density at radius 3 is 2.73 bits per heavy atom. The van der Waals surface area contributed by atoms with Crippen molar-refractivity contribution in [3.63, 3.8) is 0 Å². The van der Waals surface area contributed by atoms with Crippen molar-refractivity contribution in [1.29, 1.82) is 0 Å². The first-order valence-electron chi connectivity index (χ1n) is 3.86. The summed E-state index contributed by atoms with van der Waals surface area (Å²) in [4.78, 5) is 14.0. The molecule has 0 aromatic carbocycles. The van der Waals surface area contributed by atoms with Crippen LogP contribution in [0.1, 0.15) is 17.7 Å². The van der Waals surface area contributed by atoms with Crippen LogP contribution in [0.2, 0.25) is 0 Å². The highest BCUT2D eigenvalue weighted by atomic mass is 79.9. The van der Waals surface area contributed by atoms with Crippen LogP contribution in [0.15, 0.2) is 10.7 Å². The minimum absolute atomic E-state index is 0.00347. The average Bonchev–Trinajstić information content (AvgIpc) is 2.12. The molecule has 1 aromatic rings.